The summed E-state index contributed by atoms with van der Waals surface area (Å²) in [5, 5.41) is 24.6. The molecule has 0 unspecified atom stereocenters. The zero-order valence-electron chi connectivity index (χ0n) is 15.7. The third-order valence-corrected chi connectivity index (χ3v) is 5.49. The molecule has 1 amide bonds. The molecule has 1 heterocycles. The predicted molar refractivity (Wildman–Crippen MR) is 106 cm³/mol. The Kier molecular flexibility index (Phi) is 5.41. The predicted octanol–water partition coefficient (Wildman–Crippen LogP) is 1.87. The van der Waals surface area contributed by atoms with E-state index in [1.54, 1.807) is 0 Å². The minimum absolute atomic E-state index is 0.0351. The van der Waals surface area contributed by atoms with E-state index in [0.717, 1.165) is 10.4 Å². The van der Waals surface area contributed by atoms with E-state index in [0.29, 0.717) is 0 Å². The van der Waals surface area contributed by atoms with Gasteiger partial charge in [0.15, 0.2) is 11.3 Å². The lowest BCUT2D eigenvalue weighted by atomic mass is 10.1. The lowest BCUT2D eigenvalue weighted by Gasteiger charge is -2.13. The van der Waals surface area contributed by atoms with Gasteiger partial charge in [0.05, 0.1) is 34.0 Å². The Labute approximate surface area is 170 Å². The van der Waals surface area contributed by atoms with Gasteiger partial charge in [-0.15, -0.1) is 0 Å². The zero-order valence-corrected chi connectivity index (χ0v) is 16.5. The Morgan fingerprint density at radius 3 is 2.57 bits per heavy atom. The zero-order chi connectivity index (χ0) is 22.1. The fourth-order valence-electron chi connectivity index (χ4n) is 2.49. The molecule has 0 atom stereocenters. The number of rotatable bonds is 6. The molecule has 154 valence electrons. The summed E-state index contributed by atoms with van der Waals surface area (Å²) in [6.07, 6.45) is 0. The van der Waals surface area contributed by atoms with E-state index >= 15 is 0 Å². The van der Waals surface area contributed by atoms with Gasteiger partial charge in [0, 0.05) is 14.1 Å². The molecule has 0 bridgehead atoms. The number of amides is 1. The van der Waals surface area contributed by atoms with Gasteiger partial charge in [0.1, 0.15) is 0 Å². The normalized spacial score (nSPS) is 11.3. The van der Waals surface area contributed by atoms with Crippen LogP contribution in [0, 0.1) is 11.3 Å². The average Bonchev–Trinajstić information content (AvgIpc) is 3.11. The second-order valence-corrected chi connectivity index (χ2v) is 8.15. The summed E-state index contributed by atoms with van der Waals surface area (Å²) in [5.41, 5.74) is 0.0535. The third kappa shape index (κ3) is 4.07. The van der Waals surface area contributed by atoms with Crippen molar-refractivity contribution in [2.75, 3.05) is 24.1 Å². The maximum Gasteiger partial charge on any atom is 0.337 e. The summed E-state index contributed by atoms with van der Waals surface area (Å²) in [5.74, 6) is -2.10. The van der Waals surface area contributed by atoms with Gasteiger partial charge in [-0.3, -0.25) is 9.52 Å². The number of anilines is 2. The molecule has 3 aromatic rings. The van der Waals surface area contributed by atoms with Crippen LogP contribution in [0.4, 0.5) is 11.4 Å². The first-order valence-corrected chi connectivity index (χ1v) is 9.75. The minimum Gasteiger partial charge on any atom is -0.478 e. The second-order valence-electron chi connectivity index (χ2n) is 6.26. The smallest absolute Gasteiger partial charge is 0.337 e. The van der Waals surface area contributed by atoms with Gasteiger partial charge >= 0.3 is 16.2 Å². The Bertz CT molecular complexity index is 1310. The molecule has 0 fully saturated rings. The number of carboxylic acids is 1. The van der Waals surface area contributed by atoms with E-state index in [1.807, 2.05) is 6.07 Å². The molecule has 0 aliphatic carbocycles. The molecule has 0 radical (unpaired) electrons. The quantitative estimate of drug-likeness (QED) is 0.534. The highest BCUT2D eigenvalue weighted by atomic mass is 32.2. The van der Waals surface area contributed by atoms with Gasteiger partial charge in [0.25, 0.3) is 5.91 Å². The number of hydrogen-bond donors (Lipinski definition) is 3. The van der Waals surface area contributed by atoms with Crippen molar-refractivity contribution in [1.82, 2.24) is 9.46 Å². The number of carbonyl (C=O) groups is 2. The first-order chi connectivity index (χ1) is 14.1. The minimum atomic E-state index is -3.77. The summed E-state index contributed by atoms with van der Waals surface area (Å²) in [7, 11) is -1.05. The lowest BCUT2D eigenvalue weighted by molar-refractivity contribution is 0.0698. The van der Waals surface area contributed by atoms with Crippen molar-refractivity contribution in [2.45, 2.75) is 0 Å². The fourth-order valence-corrected chi connectivity index (χ4v) is 3.09. The summed E-state index contributed by atoms with van der Waals surface area (Å²) in [6, 6.07) is 9.86. The van der Waals surface area contributed by atoms with Crippen molar-refractivity contribution in [3.05, 3.63) is 53.2 Å². The molecule has 0 saturated heterocycles. The Morgan fingerprint density at radius 1 is 1.20 bits per heavy atom. The molecule has 2 aromatic carbocycles. The molecule has 0 aliphatic rings. The number of nitrogens with one attached hydrogen (secondary N) is 2. The third-order valence-electron chi connectivity index (χ3n) is 4.04. The van der Waals surface area contributed by atoms with Gasteiger partial charge in [-0.1, -0.05) is 5.16 Å². The average molecular weight is 429 g/mol. The summed E-state index contributed by atoms with van der Waals surface area (Å²) in [4.78, 5) is 24.1. The number of nitrogens with zero attached hydrogens (tertiary/aromatic N) is 3. The van der Waals surface area contributed by atoms with Crippen LogP contribution in [0.3, 0.4) is 0 Å². The van der Waals surface area contributed by atoms with Gasteiger partial charge in [-0.05, 0) is 36.4 Å². The number of benzene rings is 2. The van der Waals surface area contributed by atoms with E-state index in [9.17, 15) is 23.1 Å². The molecule has 3 N–H and O–H groups in total. The Hall–Kier alpha value is -3.95. The second kappa shape index (κ2) is 7.82. The SMILES string of the molecule is CN(C)S(=O)(=O)Nc1ccc2onc(C(=O)Nc3ccc(C#N)cc3C(=O)O)c2c1. The largest absolute Gasteiger partial charge is 0.478 e. The highest BCUT2D eigenvalue weighted by Crippen LogP contribution is 2.25. The summed E-state index contributed by atoms with van der Waals surface area (Å²) in [6.45, 7) is 0. The highest BCUT2D eigenvalue weighted by molar-refractivity contribution is 7.90. The number of carbonyl (C=O) groups excluding carboxylic acids is 1. The van der Waals surface area contributed by atoms with Crippen molar-refractivity contribution in [3.63, 3.8) is 0 Å². The van der Waals surface area contributed by atoms with Crippen molar-refractivity contribution < 1.29 is 27.6 Å². The monoisotopic (exact) mass is 429 g/mol. The van der Waals surface area contributed by atoms with Crippen molar-refractivity contribution in [1.29, 1.82) is 5.26 Å². The van der Waals surface area contributed by atoms with Crippen LogP contribution < -0.4 is 10.0 Å². The number of aromatic nitrogens is 1. The fraction of sp³-hybridized carbons (Fsp3) is 0.111. The number of nitriles is 1. The standard InChI is InChI=1S/C18H15N5O6S/c1-23(2)30(27,28)22-11-4-6-15-13(8-11)16(21-29-15)17(24)20-14-5-3-10(9-19)7-12(14)18(25)26/h3-8,22H,1-2H3,(H,20,24)(H,25,26). The number of fused-ring (bicyclic) bond motifs is 1. The number of carboxylic acid groups (broad SMARTS) is 1. The molecule has 0 aliphatic heterocycles. The molecule has 0 spiro atoms. The topological polar surface area (TPSA) is 166 Å². The number of aromatic carboxylic acids is 1. The van der Waals surface area contributed by atoms with Crippen LogP contribution in [0.15, 0.2) is 40.9 Å². The molecule has 11 nitrogen and oxygen atoms in total. The summed E-state index contributed by atoms with van der Waals surface area (Å²) < 4.78 is 32.4. The Morgan fingerprint density at radius 2 is 1.93 bits per heavy atom. The van der Waals surface area contributed by atoms with Crippen LogP contribution in [-0.2, 0) is 10.2 Å². The maximum absolute atomic E-state index is 12.7. The molecule has 3 rings (SSSR count). The molecular weight excluding hydrogens is 414 g/mol. The summed E-state index contributed by atoms with van der Waals surface area (Å²) >= 11 is 0. The van der Waals surface area contributed by atoms with Gasteiger partial charge < -0.3 is 14.9 Å². The van der Waals surface area contributed by atoms with E-state index in [1.165, 1.54) is 44.4 Å². The van der Waals surface area contributed by atoms with Crippen molar-refractivity contribution in [2.24, 2.45) is 0 Å². The van der Waals surface area contributed by atoms with Crippen molar-refractivity contribution >= 4 is 44.4 Å². The van der Waals surface area contributed by atoms with Gasteiger partial charge in [-0.25, -0.2) is 4.79 Å². The first kappa shape index (κ1) is 20.8. The lowest BCUT2D eigenvalue weighted by Crippen LogP contribution is -2.28. The van der Waals surface area contributed by atoms with Crippen LogP contribution in [0.1, 0.15) is 26.4 Å². The van der Waals surface area contributed by atoms with Gasteiger partial charge in [0.2, 0.25) is 0 Å². The maximum atomic E-state index is 12.7. The molecule has 0 saturated carbocycles. The number of hydrogen-bond acceptors (Lipinski definition) is 7. The first-order valence-electron chi connectivity index (χ1n) is 8.31. The molecule has 12 heteroatoms. The van der Waals surface area contributed by atoms with Crippen LogP contribution in [0.5, 0.6) is 0 Å². The van der Waals surface area contributed by atoms with E-state index in [-0.39, 0.29) is 39.2 Å². The van der Waals surface area contributed by atoms with Gasteiger partial charge in [-0.2, -0.15) is 18.0 Å². The van der Waals surface area contributed by atoms with Crippen LogP contribution in [0.2, 0.25) is 0 Å². The van der Waals surface area contributed by atoms with Crippen molar-refractivity contribution in [3.8, 4) is 6.07 Å². The molecule has 1 aromatic heterocycles. The molecule has 30 heavy (non-hydrogen) atoms. The highest BCUT2D eigenvalue weighted by Gasteiger charge is 2.21. The van der Waals surface area contributed by atoms with Crippen LogP contribution >= 0.6 is 0 Å². The van der Waals surface area contributed by atoms with E-state index in [2.05, 4.69) is 15.2 Å². The van der Waals surface area contributed by atoms with Crippen LogP contribution in [0.25, 0.3) is 11.0 Å². The molecular formula is C18H15N5O6S. The Balaban J connectivity index is 1.96. The van der Waals surface area contributed by atoms with E-state index in [4.69, 9.17) is 9.78 Å². The van der Waals surface area contributed by atoms with Crippen LogP contribution in [-0.4, -0.2) is 49.0 Å². The van der Waals surface area contributed by atoms with E-state index < -0.39 is 22.1 Å².